The maximum atomic E-state index is 13.5. The molecular formula is C19H17FN4O3. The number of likely N-dealkylation sites (N-methyl/N-ethyl adjacent to an activating group) is 1. The van der Waals surface area contributed by atoms with Crippen LogP contribution in [0.1, 0.15) is 11.6 Å². The lowest BCUT2D eigenvalue weighted by Crippen LogP contribution is -2.27. The molecule has 2 heterocycles. The smallest absolute Gasteiger partial charge is 0.414 e. The van der Waals surface area contributed by atoms with Crippen LogP contribution in [0.25, 0.3) is 0 Å². The van der Waals surface area contributed by atoms with Gasteiger partial charge in [0.15, 0.2) is 0 Å². The van der Waals surface area contributed by atoms with Crippen molar-refractivity contribution in [3.05, 3.63) is 59.9 Å². The molecule has 1 unspecified atom stereocenters. The van der Waals surface area contributed by atoms with Gasteiger partial charge >= 0.3 is 6.09 Å². The standard InChI is InChI=1S/C19H17FN4O3/c1-23-16(12-4-2-5-13(20)10-12)17(25)22-18(23)21-14-6-3-7-15(11-14)24-8-9-27-19(24)26/h2-7,10-11,16H,8-9H2,1H3,(H,21,22,25). The molecule has 2 aliphatic rings. The second kappa shape index (κ2) is 6.71. The maximum absolute atomic E-state index is 13.5. The number of aliphatic imine (C=N–C) groups is 1. The molecule has 8 heteroatoms. The number of halogens is 1. The Morgan fingerprint density at radius 1 is 1.19 bits per heavy atom. The van der Waals surface area contributed by atoms with Crippen molar-refractivity contribution in [1.29, 1.82) is 0 Å². The molecule has 2 fully saturated rings. The van der Waals surface area contributed by atoms with Crippen LogP contribution in [-0.2, 0) is 9.53 Å². The summed E-state index contributed by atoms with van der Waals surface area (Å²) in [6.45, 7) is 0.836. The number of nitrogens with one attached hydrogen (secondary N) is 1. The fourth-order valence-corrected chi connectivity index (χ4v) is 3.20. The number of anilines is 1. The van der Waals surface area contributed by atoms with E-state index in [2.05, 4.69) is 10.3 Å². The van der Waals surface area contributed by atoms with Crippen LogP contribution in [0.3, 0.4) is 0 Å². The van der Waals surface area contributed by atoms with Gasteiger partial charge in [-0.1, -0.05) is 18.2 Å². The van der Waals surface area contributed by atoms with Crippen LogP contribution in [0.15, 0.2) is 53.5 Å². The number of carbonyl (C=O) groups is 2. The highest BCUT2D eigenvalue weighted by Crippen LogP contribution is 2.28. The molecule has 2 amide bonds. The first-order valence-corrected chi connectivity index (χ1v) is 8.45. The zero-order valence-electron chi connectivity index (χ0n) is 14.6. The summed E-state index contributed by atoms with van der Waals surface area (Å²) >= 11 is 0. The Morgan fingerprint density at radius 2 is 2.00 bits per heavy atom. The van der Waals surface area contributed by atoms with E-state index in [4.69, 9.17) is 4.74 Å². The molecule has 0 bridgehead atoms. The SMILES string of the molecule is CN1C(=Nc2cccc(N3CCOC3=O)c2)NC(=O)C1c1cccc(F)c1. The molecule has 2 saturated heterocycles. The summed E-state index contributed by atoms with van der Waals surface area (Å²) in [7, 11) is 1.72. The van der Waals surface area contributed by atoms with Crippen molar-refractivity contribution in [3.8, 4) is 0 Å². The number of hydrogen-bond acceptors (Lipinski definition) is 4. The van der Waals surface area contributed by atoms with E-state index in [9.17, 15) is 14.0 Å². The van der Waals surface area contributed by atoms with Crippen LogP contribution >= 0.6 is 0 Å². The maximum Gasteiger partial charge on any atom is 0.414 e. The van der Waals surface area contributed by atoms with Gasteiger partial charge in [-0.3, -0.25) is 15.0 Å². The summed E-state index contributed by atoms with van der Waals surface area (Å²) in [6.07, 6.45) is -0.391. The fraction of sp³-hybridized carbons (Fsp3) is 0.211. The minimum Gasteiger partial charge on any atom is -0.447 e. The Labute approximate surface area is 155 Å². The Balaban J connectivity index is 1.61. The molecule has 4 rings (SSSR count). The van der Waals surface area contributed by atoms with Crippen LogP contribution < -0.4 is 10.2 Å². The first kappa shape index (κ1) is 17.0. The number of guanidine groups is 1. The van der Waals surface area contributed by atoms with Crippen molar-refractivity contribution in [1.82, 2.24) is 10.2 Å². The average Bonchev–Trinajstić information content (AvgIpc) is 3.18. The summed E-state index contributed by atoms with van der Waals surface area (Å²) in [6, 6.07) is 12.4. The van der Waals surface area contributed by atoms with E-state index in [1.54, 1.807) is 48.3 Å². The minimum absolute atomic E-state index is 0.277. The summed E-state index contributed by atoms with van der Waals surface area (Å²) in [5.74, 6) is -0.319. The van der Waals surface area contributed by atoms with Gasteiger partial charge < -0.3 is 9.64 Å². The van der Waals surface area contributed by atoms with Gasteiger partial charge in [0.1, 0.15) is 18.5 Å². The van der Waals surface area contributed by atoms with E-state index >= 15 is 0 Å². The van der Waals surface area contributed by atoms with E-state index in [1.165, 1.54) is 17.0 Å². The van der Waals surface area contributed by atoms with E-state index in [1.807, 2.05) is 0 Å². The average molecular weight is 368 g/mol. The third-order valence-corrected chi connectivity index (χ3v) is 4.51. The largest absolute Gasteiger partial charge is 0.447 e. The number of amides is 2. The molecule has 7 nitrogen and oxygen atoms in total. The number of carbonyl (C=O) groups excluding carboxylic acids is 2. The topological polar surface area (TPSA) is 74.2 Å². The van der Waals surface area contributed by atoms with Gasteiger partial charge in [-0.2, -0.15) is 0 Å². The van der Waals surface area contributed by atoms with Crippen molar-refractivity contribution in [2.24, 2.45) is 4.99 Å². The van der Waals surface area contributed by atoms with Crippen molar-refractivity contribution >= 4 is 29.3 Å². The molecule has 27 heavy (non-hydrogen) atoms. The highest BCUT2D eigenvalue weighted by atomic mass is 19.1. The summed E-state index contributed by atoms with van der Waals surface area (Å²) in [5, 5.41) is 2.73. The molecule has 0 aromatic heterocycles. The predicted molar refractivity (Wildman–Crippen MR) is 97.3 cm³/mol. The summed E-state index contributed by atoms with van der Waals surface area (Å²) in [4.78, 5) is 31.8. The van der Waals surface area contributed by atoms with E-state index in [0.29, 0.717) is 36.0 Å². The molecule has 1 N–H and O–H groups in total. The van der Waals surface area contributed by atoms with Gasteiger partial charge in [-0.25, -0.2) is 14.2 Å². The number of cyclic esters (lactones) is 1. The normalized spacial score (nSPS) is 21.0. The van der Waals surface area contributed by atoms with E-state index in [0.717, 1.165) is 0 Å². The first-order chi connectivity index (χ1) is 13.0. The molecule has 0 saturated carbocycles. The van der Waals surface area contributed by atoms with Crippen LogP contribution in [0.2, 0.25) is 0 Å². The van der Waals surface area contributed by atoms with Gasteiger partial charge in [0.2, 0.25) is 5.96 Å². The number of nitrogens with zero attached hydrogens (tertiary/aromatic N) is 3. The zero-order chi connectivity index (χ0) is 19.0. The Morgan fingerprint density at radius 3 is 2.74 bits per heavy atom. The van der Waals surface area contributed by atoms with Crippen LogP contribution in [0.5, 0.6) is 0 Å². The highest BCUT2D eigenvalue weighted by Gasteiger charge is 2.35. The van der Waals surface area contributed by atoms with E-state index in [-0.39, 0.29) is 5.91 Å². The Kier molecular flexibility index (Phi) is 4.23. The van der Waals surface area contributed by atoms with Crippen molar-refractivity contribution in [2.75, 3.05) is 25.1 Å². The molecule has 0 spiro atoms. The van der Waals surface area contributed by atoms with Crippen LogP contribution in [0, 0.1) is 5.82 Å². The third kappa shape index (κ3) is 3.21. The molecular weight excluding hydrogens is 351 g/mol. The number of hydrogen-bond donors (Lipinski definition) is 1. The van der Waals surface area contributed by atoms with Crippen LogP contribution in [-0.4, -0.2) is 43.1 Å². The molecule has 2 aliphatic heterocycles. The number of rotatable bonds is 3. The van der Waals surface area contributed by atoms with Crippen molar-refractivity contribution in [2.45, 2.75) is 6.04 Å². The minimum atomic E-state index is -0.656. The lowest BCUT2D eigenvalue weighted by molar-refractivity contribution is -0.121. The molecule has 138 valence electrons. The van der Waals surface area contributed by atoms with Gasteiger partial charge in [-0.15, -0.1) is 0 Å². The van der Waals surface area contributed by atoms with Crippen molar-refractivity contribution in [3.63, 3.8) is 0 Å². The monoisotopic (exact) mass is 368 g/mol. The lowest BCUT2D eigenvalue weighted by atomic mass is 10.1. The second-order valence-electron chi connectivity index (χ2n) is 6.28. The van der Waals surface area contributed by atoms with Crippen molar-refractivity contribution < 1.29 is 18.7 Å². The zero-order valence-corrected chi connectivity index (χ0v) is 14.6. The Hall–Kier alpha value is -3.42. The number of benzene rings is 2. The molecule has 2 aromatic carbocycles. The predicted octanol–water partition coefficient (Wildman–Crippen LogP) is 2.57. The summed E-state index contributed by atoms with van der Waals surface area (Å²) < 4.78 is 18.5. The summed E-state index contributed by atoms with van der Waals surface area (Å²) in [5.41, 5.74) is 1.80. The third-order valence-electron chi connectivity index (χ3n) is 4.51. The number of ether oxygens (including phenoxy) is 1. The molecule has 1 atom stereocenters. The van der Waals surface area contributed by atoms with Gasteiger partial charge in [0, 0.05) is 12.7 Å². The molecule has 2 aromatic rings. The van der Waals surface area contributed by atoms with Gasteiger partial charge in [0.25, 0.3) is 5.91 Å². The fourth-order valence-electron chi connectivity index (χ4n) is 3.20. The molecule has 0 radical (unpaired) electrons. The van der Waals surface area contributed by atoms with Gasteiger partial charge in [0.05, 0.1) is 12.2 Å². The highest BCUT2D eigenvalue weighted by molar-refractivity contribution is 6.07. The first-order valence-electron chi connectivity index (χ1n) is 8.45. The molecule has 0 aliphatic carbocycles. The quantitative estimate of drug-likeness (QED) is 0.904. The Bertz CT molecular complexity index is 946. The lowest BCUT2D eigenvalue weighted by Gasteiger charge is -2.19. The second-order valence-corrected chi connectivity index (χ2v) is 6.28. The van der Waals surface area contributed by atoms with E-state index < -0.39 is 18.0 Å². The van der Waals surface area contributed by atoms with Crippen LogP contribution in [0.4, 0.5) is 20.6 Å². The van der Waals surface area contributed by atoms with Gasteiger partial charge in [-0.05, 0) is 35.9 Å².